The highest BCUT2D eigenvalue weighted by Crippen LogP contribution is 2.40. The molecule has 0 N–H and O–H groups in total. The normalized spacial score (nSPS) is 16.3. The second-order valence-corrected chi connectivity index (χ2v) is 11.6. The summed E-state index contributed by atoms with van der Waals surface area (Å²) in [7, 11) is 1.33. The van der Waals surface area contributed by atoms with Crippen molar-refractivity contribution in [3.05, 3.63) is 106 Å². The second-order valence-electron chi connectivity index (χ2n) is 10.2. The number of hydrogen-bond acceptors (Lipinski definition) is 5. The van der Waals surface area contributed by atoms with E-state index in [9.17, 15) is 18.8 Å². The van der Waals surface area contributed by atoms with Crippen molar-refractivity contribution < 1.29 is 23.5 Å². The number of carbonyl (C=O) groups excluding carboxylic acids is 3. The van der Waals surface area contributed by atoms with Crippen molar-refractivity contribution in [2.75, 3.05) is 20.2 Å². The van der Waals surface area contributed by atoms with Gasteiger partial charge in [-0.15, -0.1) is 11.3 Å². The molecule has 0 aliphatic carbocycles. The first kappa shape index (κ1) is 28.8. The summed E-state index contributed by atoms with van der Waals surface area (Å²) in [5.74, 6) is -1.15. The Kier molecular flexibility index (Phi) is 8.71. The number of nitrogens with zero attached hydrogens (tertiary/aromatic N) is 2. The van der Waals surface area contributed by atoms with E-state index >= 15 is 0 Å². The van der Waals surface area contributed by atoms with E-state index in [1.807, 2.05) is 41.8 Å². The smallest absolute Gasteiger partial charge is 0.305 e. The average molecular weight is 593 g/mol. The van der Waals surface area contributed by atoms with Crippen molar-refractivity contribution in [2.24, 2.45) is 0 Å². The van der Waals surface area contributed by atoms with Crippen molar-refractivity contribution in [2.45, 2.75) is 37.8 Å². The third kappa shape index (κ3) is 6.14. The van der Waals surface area contributed by atoms with Gasteiger partial charge in [0.2, 0.25) is 5.91 Å². The third-order valence-corrected chi connectivity index (χ3v) is 8.81. The maximum atomic E-state index is 14.6. The van der Waals surface area contributed by atoms with E-state index in [1.165, 1.54) is 30.6 Å². The topological polar surface area (TPSA) is 66.9 Å². The van der Waals surface area contributed by atoms with E-state index in [0.29, 0.717) is 30.0 Å². The van der Waals surface area contributed by atoms with Gasteiger partial charge in [-0.05, 0) is 54.3 Å². The minimum atomic E-state index is -1.16. The van der Waals surface area contributed by atoms with Crippen molar-refractivity contribution in [3.8, 4) is 0 Å². The van der Waals surface area contributed by atoms with Gasteiger partial charge in [-0.2, -0.15) is 0 Å². The number of halogens is 2. The van der Waals surface area contributed by atoms with Crippen LogP contribution in [0.15, 0.2) is 78.2 Å². The lowest BCUT2D eigenvalue weighted by Crippen LogP contribution is -2.70. The summed E-state index contributed by atoms with van der Waals surface area (Å²) in [5.41, 5.74) is 0.988. The van der Waals surface area contributed by atoms with Crippen molar-refractivity contribution >= 4 is 50.8 Å². The molecule has 0 saturated carbocycles. The fourth-order valence-corrected chi connectivity index (χ4v) is 6.57. The maximum absolute atomic E-state index is 14.6. The van der Waals surface area contributed by atoms with Gasteiger partial charge in [0.25, 0.3) is 5.91 Å². The molecule has 1 aliphatic rings. The van der Waals surface area contributed by atoms with Gasteiger partial charge in [-0.3, -0.25) is 14.4 Å². The van der Waals surface area contributed by atoms with Crippen LogP contribution in [0, 0.1) is 5.82 Å². The fourth-order valence-electron chi connectivity index (χ4n) is 5.42. The van der Waals surface area contributed by atoms with Gasteiger partial charge in [0.05, 0.1) is 12.7 Å². The molecule has 2 amide bonds. The van der Waals surface area contributed by atoms with Crippen LogP contribution >= 0.6 is 22.9 Å². The Morgan fingerprint density at radius 1 is 1.05 bits per heavy atom. The number of esters is 1. The van der Waals surface area contributed by atoms with Crippen LogP contribution in [0.3, 0.4) is 0 Å². The van der Waals surface area contributed by atoms with Crippen molar-refractivity contribution in [3.63, 3.8) is 0 Å². The Bertz CT molecular complexity index is 1570. The van der Waals surface area contributed by atoms with Gasteiger partial charge < -0.3 is 14.5 Å². The van der Waals surface area contributed by atoms with E-state index in [0.717, 1.165) is 21.2 Å². The summed E-state index contributed by atoms with van der Waals surface area (Å²) >= 11 is 7.74. The molecule has 2 heterocycles. The molecule has 4 aromatic rings. The Balaban J connectivity index is 1.51. The lowest BCUT2D eigenvalue weighted by atomic mass is 9.77. The number of rotatable bonds is 10. The molecule has 0 spiro atoms. The zero-order valence-electron chi connectivity index (χ0n) is 22.6. The van der Waals surface area contributed by atoms with Gasteiger partial charge in [0.1, 0.15) is 11.4 Å². The molecule has 0 bridgehead atoms. The quantitative estimate of drug-likeness (QED) is 0.197. The molecule has 1 atom stereocenters. The van der Waals surface area contributed by atoms with Crippen LogP contribution in [-0.4, -0.2) is 53.3 Å². The lowest BCUT2D eigenvalue weighted by molar-refractivity contribution is -0.152. The van der Waals surface area contributed by atoms with Crippen LogP contribution in [0.4, 0.5) is 4.39 Å². The Labute approximate surface area is 247 Å². The summed E-state index contributed by atoms with van der Waals surface area (Å²) < 4.78 is 19.6. The average Bonchev–Trinajstić information content (AvgIpc) is 3.40. The van der Waals surface area contributed by atoms with Crippen LogP contribution in [0.5, 0.6) is 0 Å². The molecular formula is C32H30ClFN2O4S. The molecule has 212 valence electrons. The zero-order valence-corrected chi connectivity index (χ0v) is 24.2. The Morgan fingerprint density at radius 2 is 1.83 bits per heavy atom. The molecule has 1 aliphatic heterocycles. The number of thiophene rings is 1. The summed E-state index contributed by atoms with van der Waals surface area (Å²) in [6.07, 6.45) is 1.25. The molecule has 41 heavy (non-hydrogen) atoms. The van der Waals surface area contributed by atoms with Crippen LogP contribution < -0.4 is 0 Å². The highest BCUT2D eigenvalue weighted by atomic mass is 35.5. The molecule has 0 radical (unpaired) electrons. The van der Waals surface area contributed by atoms with Crippen LogP contribution in [0.2, 0.25) is 5.02 Å². The van der Waals surface area contributed by atoms with E-state index in [2.05, 4.69) is 0 Å². The summed E-state index contributed by atoms with van der Waals surface area (Å²) in [5, 5.41) is 3.25. The summed E-state index contributed by atoms with van der Waals surface area (Å²) in [6.45, 7) is 0.966. The largest absolute Gasteiger partial charge is 0.469 e. The van der Waals surface area contributed by atoms with E-state index in [-0.39, 0.29) is 49.5 Å². The molecule has 1 fully saturated rings. The fraction of sp³-hybridized carbons (Fsp3) is 0.281. The van der Waals surface area contributed by atoms with Crippen molar-refractivity contribution in [1.82, 2.24) is 9.80 Å². The number of ether oxygens (including phenoxy) is 1. The SMILES string of the molecule is COC(=O)CCCN(Cc1cccc(Cl)c1)C(=O)C1(Cc2ccc(F)cc2)CCN1C(=O)c1csc2ccccc12. The number of amides is 2. The first-order chi connectivity index (χ1) is 19.8. The van der Waals surface area contributed by atoms with Gasteiger partial charge in [0.15, 0.2) is 0 Å². The molecule has 1 saturated heterocycles. The number of carbonyl (C=O) groups is 3. The summed E-state index contributed by atoms with van der Waals surface area (Å²) in [4.78, 5) is 43.9. The first-order valence-electron chi connectivity index (χ1n) is 13.4. The second kappa shape index (κ2) is 12.4. The molecule has 6 nitrogen and oxygen atoms in total. The van der Waals surface area contributed by atoms with E-state index in [1.54, 1.807) is 34.1 Å². The molecule has 1 unspecified atom stereocenters. The van der Waals surface area contributed by atoms with E-state index in [4.69, 9.17) is 16.3 Å². The van der Waals surface area contributed by atoms with Crippen LogP contribution in [0.1, 0.15) is 40.7 Å². The minimum absolute atomic E-state index is 0.157. The number of fused-ring (bicyclic) bond motifs is 1. The lowest BCUT2D eigenvalue weighted by Gasteiger charge is -2.53. The monoisotopic (exact) mass is 592 g/mol. The zero-order chi connectivity index (χ0) is 29.0. The molecule has 1 aromatic heterocycles. The Hall–Kier alpha value is -3.75. The molecule has 5 rings (SSSR count). The first-order valence-corrected chi connectivity index (χ1v) is 14.7. The number of methoxy groups -OCH3 is 1. The van der Waals surface area contributed by atoms with E-state index < -0.39 is 5.54 Å². The van der Waals surface area contributed by atoms with Crippen LogP contribution in [-0.2, 0) is 27.3 Å². The Morgan fingerprint density at radius 3 is 2.54 bits per heavy atom. The number of benzene rings is 3. The van der Waals surface area contributed by atoms with Crippen LogP contribution in [0.25, 0.3) is 10.1 Å². The molecule has 3 aromatic carbocycles. The van der Waals surface area contributed by atoms with Gasteiger partial charge in [0, 0.05) is 53.0 Å². The minimum Gasteiger partial charge on any atom is -0.469 e. The highest BCUT2D eigenvalue weighted by molar-refractivity contribution is 7.17. The third-order valence-electron chi connectivity index (χ3n) is 7.62. The van der Waals surface area contributed by atoms with Crippen molar-refractivity contribution in [1.29, 1.82) is 0 Å². The van der Waals surface area contributed by atoms with Gasteiger partial charge >= 0.3 is 5.97 Å². The predicted molar refractivity (Wildman–Crippen MR) is 158 cm³/mol. The number of likely N-dealkylation sites (tertiary alicyclic amines) is 1. The molecular weight excluding hydrogens is 563 g/mol. The maximum Gasteiger partial charge on any atom is 0.305 e. The summed E-state index contributed by atoms with van der Waals surface area (Å²) in [6, 6.07) is 21.0. The molecule has 9 heteroatoms. The standard InChI is InChI=1S/C32H30ClFN2O4S/c1-40-29(37)10-5-16-35(20-23-6-4-7-24(33)18-23)31(39)32(19-22-11-13-25(34)14-12-22)15-17-36(32)30(38)27-21-41-28-9-3-2-8-26(27)28/h2-4,6-9,11-14,18,21H,5,10,15-17,19-20H2,1H3. The number of hydrogen-bond donors (Lipinski definition) is 0. The van der Waals surface area contributed by atoms with Gasteiger partial charge in [-0.25, -0.2) is 4.39 Å². The predicted octanol–water partition coefficient (Wildman–Crippen LogP) is 6.50. The van der Waals surface area contributed by atoms with Gasteiger partial charge in [-0.1, -0.05) is 54.1 Å². The highest BCUT2D eigenvalue weighted by Gasteiger charge is 2.55.